The molecule has 9 heteroatoms. The number of benzene rings is 2. The lowest BCUT2D eigenvalue weighted by Crippen LogP contribution is -2.48. The van der Waals surface area contributed by atoms with Crippen molar-refractivity contribution >= 4 is 5.91 Å². The van der Waals surface area contributed by atoms with Crippen LogP contribution in [0.3, 0.4) is 0 Å². The fraction of sp³-hybridized carbons (Fsp3) is 0.320. The highest BCUT2D eigenvalue weighted by Crippen LogP contribution is 2.32. The molecule has 0 atom stereocenters. The quantitative estimate of drug-likeness (QED) is 0.527. The summed E-state index contributed by atoms with van der Waals surface area (Å²) in [7, 11) is 0. The smallest absolute Gasteiger partial charge is 0.336 e. The Kier molecular flexibility index (Phi) is 6.98. The van der Waals surface area contributed by atoms with Crippen molar-refractivity contribution in [1.29, 1.82) is 5.26 Å². The number of hydrogen-bond donors (Lipinski definition) is 1. The Hall–Kier alpha value is -3.64. The highest BCUT2D eigenvalue weighted by Gasteiger charge is 2.30. The molecule has 1 fully saturated rings. The third kappa shape index (κ3) is 5.46. The van der Waals surface area contributed by atoms with Gasteiger partial charge in [-0.15, -0.1) is 0 Å². The number of nitriles is 1. The van der Waals surface area contributed by atoms with Gasteiger partial charge in [-0.05, 0) is 48.9 Å². The van der Waals surface area contributed by atoms with Crippen LogP contribution in [0.2, 0.25) is 0 Å². The van der Waals surface area contributed by atoms with Gasteiger partial charge in [0, 0.05) is 43.7 Å². The van der Waals surface area contributed by atoms with Crippen LogP contribution >= 0.6 is 0 Å². The zero-order chi connectivity index (χ0) is 24.1. The number of hydrogen-bond acceptors (Lipinski definition) is 4. The number of unbranched alkanes of at least 4 members (excludes halogenated alkanes) is 1. The molecule has 1 N–H and O–H groups in total. The lowest BCUT2D eigenvalue weighted by Gasteiger charge is -2.34. The Morgan fingerprint density at radius 2 is 1.76 bits per heavy atom. The van der Waals surface area contributed by atoms with Crippen molar-refractivity contribution in [3.05, 3.63) is 65.7 Å². The molecule has 6 nitrogen and oxygen atoms in total. The molecule has 3 aromatic rings. The fourth-order valence-corrected chi connectivity index (χ4v) is 4.00. The van der Waals surface area contributed by atoms with Gasteiger partial charge in [-0.25, -0.2) is 0 Å². The van der Waals surface area contributed by atoms with Crippen molar-refractivity contribution < 1.29 is 18.0 Å². The topological polar surface area (TPSA) is 76.0 Å². The summed E-state index contributed by atoms with van der Waals surface area (Å²) in [5, 5.41) is 15.7. The third-order valence-electron chi connectivity index (χ3n) is 5.93. The summed E-state index contributed by atoms with van der Waals surface area (Å²) >= 11 is 0. The number of piperazine rings is 1. The van der Waals surface area contributed by atoms with E-state index in [4.69, 9.17) is 5.26 Å². The Bertz CT molecular complexity index is 1170. The van der Waals surface area contributed by atoms with E-state index in [1.807, 2.05) is 4.90 Å². The van der Waals surface area contributed by atoms with Crippen LogP contribution in [0.5, 0.6) is 0 Å². The molecule has 176 valence electrons. The van der Waals surface area contributed by atoms with Gasteiger partial charge in [-0.2, -0.15) is 23.5 Å². The van der Waals surface area contributed by atoms with Crippen LogP contribution in [0.15, 0.2) is 54.6 Å². The molecule has 1 aliphatic heterocycles. The minimum absolute atomic E-state index is 0.0301. The molecule has 1 saturated heterocycles. The number of amides is 1. The van der Waals surface area contributed by atoms with E-state index < -0.39 is 11.7 Å². The van der Waals surface area contributed by atoms with Crippen LogP contribution in [0.25, 0.3) is 22.5 Å². The Morgan fingerprint density at radius 1 is 1.03 bits per heavy atom. The largest absolute Gasteiger partial charge is 0.416 e. The average molecular weight is 467 g/mol. The van der Waals surface area contributed by atoms with Gasteiger partial charge >= 0.3 is 6.18 Å². The van der Waals surface area contributed by atoms with Gasteiger partial charge < -0.3 is 4.90 Å². The number of carbonyl (C=O) groups excluding carboxylic acids is 1. The zero-order valence-electron chi connectivity index (χ0n) is 18.5. The van der Waals surface area contributed by atoms with E-state index in [0.717, 1.165) is 43.8 Å². The molecule has 2 heterocycles. The molecule has 0 aliphatic carbocycles. The van der Waals surface area contributed by atoms with Gasteiger partial charge in [0.1, 0.15) is 0 Å². The van der Waals surface area contributed by atoms with Crippen LogP contribution < -0.4 is 0 Å². The molecule has 0 unspecified atom stereocenters. The molecule has 1 amide bonds. The maximum atomic E-state index is 13.0. The molecule has 0 bridgehead atoms. The average Bonchev–Trinajstić information content (AvgIpc) is 3.34. The van der Waals surface area contributed by atoms with Gasteiger partial charge in [-0.1, -0.05) is 24.3 Å². The van der Waals surface area contributed by atoms with E-state index in [-0.39, 0.29) is 5.91 Å². The number of alkyl halides is 3. The molecular formula is C25H24F3N5O. The van der Waals surface area contributed by atoms with E-state index in [0.29, 0.717) is 42.0 Å². The molecule has 4 rings (SSSR count). The summed E-state index contributed by atoms with van der Waals surface area (Å²) in [5.74, 6) is -0.0301. The maximum absolute atomic E-state index is 13.0. The lowest BCUT2D eigenvalue weighted by atomic mass is 10.1. The monoisotopic (exact) mass is 467 g/mol. The predicted octanol–water partition coefficient (Wildman–Crippen LogP) is 4.82. The van der Waals surface area contributed by atoms with Crippen LogP contribution in [-0.4, -0.2) is 58.6 Å². The molecular weight excluding hydrogens is 443 g/mol. The van der Waals surface area contributed by atoms with Crippen LogP contribution in [0.1, 0.15) is 28.8 Å². The van der Waals surface area contributed by atoms with E-state index in [2.05, 4.69) is 21.2 Å². The van der Waals surface area contributed by atoms with Crippen molar-refractivity contribution in [1.82, 2.24) is 20.0 Å². The lowest BCUT2D eigenvalue weighted by molar-refractivity contribution is -0.137. The highest BCUT2D eigenvalue weighted by atomic mass is 19.4. The number of nitrogens with one attached hydrogen (secondary N) is 1. The van der Waals surface area contributed by atoms with E-state index in [1.165, 1.54) is 6.07 Å². The minimum Gasteiger partial charge on any atom is -0.336 e. The number of halogens is 3. The third-order valence-corrected chi connectivity index (χ3v) is 5.93. The maximum Gasteiger partial charge on any atom is 0.416 e. The van der Waals surface area contributed by atoms with Crippen LogP contribution in [0, 0.1) is 11.3 Å². The predicted molar refractivity (Wildman–Crippen MR) is 122 cm³/mol. The Labute approximate surface area is 195 Å². The number of aromatic nitrogens is 2. The first-order valence-corrected chi connectivity index (χ1v) is 11.1. The fourth-order valence-electron chi connectivity index (χ4n) is 4.00. The second-order valence-electron chi connectivity index (χ2n) is 8.22. The first kappa shape index (κ1) is 23.5. The molecule has 0 spiro atoms. The molecule has 2 aromatic carbocycles. The van der Waals surface area contributed by atoms with Gasteiger partial charge in [0.05, 0.1) is 23.0 Å². The first-order chi connectivity index (χ1) is 16.3. The summed E-state index contributed by atoms with van der Waals surface area (Å²) in [5.41, 5.74) is 2.08. The zero-order valence-corrected chi connectivity index (χ0v) is 18.5. The normalized spacial score (nSPS) is 14.7. The number of nitrogens with zero attached hydrogens (tertiary/aromatic N) is 4. The second-order valence-corrected chi connectivity index (χ2v) is 8.22. The summed E-state index contributed by atoms with van der Waals surface area (Å²) in [4.78, 5) is 17.0. The van der Waals surface area contributed by atoms with Crippen LogP contribution in [-0.2, 0) is 6.18 Å². The Morgan fingerprint density at radius 3 is 2.44 bits per heavy atom. The van der Waals surface area contributed by atoms with Gasteiger partial charge in [0.15, 0.2) is 0 Å². The summed E-state index contributed by atoms with van der Waals surface area (Å²) in [6.45, 7) is 3.75. The summed E-state index contributed by atoms with van der Waals surface area (Å²) < 4.78 is 39.0. The van der Waals surface area contributed by atoms with Crippen molar-refractivity contribution in [2.45, 2.75) is 19.0 Å². The standard InChI is InChI=1S/C25H24F3N5O/c26-25(27,28)21-5-3-4-20(16-21)23-17-22(30-31-23)18-6-8-19(9-7-18)24(34)33-14-12-32(13-15-33)11-2-1-10-29/h3-9,16-17H,1-2,11-15H2,(H,30,31). The van der Waals surface area contributed by atoms with E-state index in [9.17, 15) is 18.0 Å². The van der Waals surface area contributed by atoms with E-state index in [1.54, 1.807) is 36.4 Å². The number of rotatable bonds is 6. The number of carbonyl (C=O) groups is 1. The van der Waals surface area contributed by atoms with Crippen molar-refractivity contribution in [3.8, 4) is 28.6 Å². The molecule has 1 aliphatic rings. The molecule has 0 saturated carbocycles. The highest BCUT2D eigenvalue weighted by molar-refractivity contribution is 5.94. The van der Waals surface area contributed by atoms with Gasteiger partial charge in [0.2, 0.25) is 0 Å². The molecule has 34 heavy (non-hydrogen) atoms. The second kappa shape index (κ2) is 10.1. The van der Waals surface area contributed by atoms with Gasteiger partial charge in [-0.3, -0.25) is 14.8 Å². The van der Waals surface area contributed by atoms with Crippen molar-refractivity contribution in [3.63, 3.8) is 0 Å². The summed E-state index contributed by atoms with van der Waals surface area (Å²) in [6, 6.07) is 16.0. The Balaban J connectivity index is 1.40. The summed E-state index contributed by atoms with van der Waals surface area (Å²) in [6.07, 6.45) is -3.03. The van der Waals surface area contributed by atoms with E-state index >= 15 is 0 Å². The first-order valence-electron chi connectivity index (χ1n) is 11.1. The van der Waals surface area contributed by atoms with Crippen molar-refractivity contribution in [2.24, 2.45) is 0 Å². The minimum atomic E-state index is -4.42. The number of aromatic amines is 1. The van der Waals surface area contributed by atoms with Crippen molar-refractivity contribution in [2.75, 3.05) is 32.7 Å². The molecule has 0 radical (unpaired) electrons. The SMILES string of the molecule is N#CCCCN1CCN(C(=O)c2ccc(-c3cc(-c4cccc(C(F)(F)F)c4)n[nH]3)cc2)CC1. The van der Waals surface area contributed by atoms with Gasteiger partial charge in [0.25, 0.3) is 5.91 Å². The number of H-pyrrole nitrogens is 1. The molecule has 1 aromatic heterocycles. The van der Waals surface area contributed by atoms with Crippen LogP contribution in [0.4, 0.5) is 13.2 Å².